The van der Waals surface area contributed by atoms with E-state index in [1.807, 2.05) is 0 Å². The van der Waals surface area contributed by atoms with Gasteiger partial charge in [0.15, 0.2) is 11.5 Å². The Kier molecular flexibility index (Phi) is 5.06. The molecule has 0 saturated heterocycles. The highest BCUT2D eigenvalue weighted by Crippen LogP contribution is 2.29. The lowest BCUT2D eigenvalue weighted by molar-refractivity contribution is 0.262. The number of benzene rings is 2. The van der Waals surface area contributed by atoms with Crippen LogP contribution in [0.2, 0.25) is 5.02 Å². The molecule has 2 N–H and O–H groups in total. The van der Waals surface area contributed by atoms with Crippen LogP contribution in [0, 0.1) is 5.82 Å². The smallest absolute Gasteiger partial charge is 0.323 e. The van der Waals surface area contributed by atoms with Crippen LogP contribution >= 0.6 is 11.6 Å². The van der Waals surface area contributed by atoms with Gasteiger partial charge < -0.3 is 20.1 Å². The van der Waals surface area contributed by atoms with Crippen LogP contribution in [0.5, 0.6) is 11.5 Å². The van der Waals surface area contributed by atoms with Crippen LogP contribution in [0.15, 0.2) is 36.4 Å². The van der Waals surface area contributed by atoms with Crippen LogP contribution in [-0.2, 0) is 0 Å². The Bertz CT molecular complexity index is 694. The predicted octanol–water partition coefficient (Wildman–Crippen LogP) is 4.14. The lowest BCUT2D eigenvalue weighted by atomic mass is 10.2. The molecule has 0 bridgehead atoms. The molecule has 2 aromatic carbocycles. The van der Waals surface area contributed by atoms with E-state index >= 15 is 0 Å². The molecule has 2 aromatic rings. The maximum Gasteiger partial charge on any atom is 0.323 e. The summed E-state index contributed by atoms with van der Waals surface area (Å²) in [6.07, 6.45) is 0. The molecular weight excluding hydrogens is 311 g/mol. The minimum absolute atomic E-state index is 0.0658. The number of amides is 2. The first-order chi connectivity index (χ1) is 10.5. The summed E-state index contributed by atoms with van der Waals surface area (Å²) in [5, 5.41) is 5.11. The number of ether oxygens (including phenoxy) is 2. The Morgan fingerprint density at radius 3 is 2.18 bits per heavy atom. The summed E-state index contributed by atoms with van der Waals surface area (Å²) in [6.45, 7) is 0. The third kappa shape index (κ3) is 3.79. The number of rotatable bonds is 4. The van der Waals surface area contributed by atoms with Crippen molar-refractivity contribution >= 4 is 29.0 Å². The van der Waals surface area contributed by atoms with Crippen molar-refractivity contribution < 1.29 is 18.7 Å². The van der Waals surface area contributed by atoms with Crippen molar-refractivity contribution in [1.29, 1.82) is 0 Å². The van der Waals surface area contributed by atoms with Crippen molar-refractivity contribution in [2.24, 2.45) is 0 Å². The van der Waals surface area contributed by atoms with Gasteiger partial charge in [-0.3, -0.25) is 0 Å². The maximum absolute atomic E-state index is 13.1. The van der Waals surface area contributed by atoms with Crippen LogP contribution in [0.3, 0.4) is 0 Å². The number of carbonyl (C=O) groups excluding carboxylic acids is 1. The quantitative estimate of drug-likeness (QED) is 0.888. The normalized spacial score (nSPS) is 10.0. The van der Waals surface area contributed by atoms with E-state index in [4.69, 9.17) is 21.1 Å². The molecule has 0 saturated carbocycles. The van der Waals surface area contributed by atoms with Crippen molar-refractivity contribution in [2.45, 2.75) is 0 Å². The minimum Gasteiger partial charge on any atom is -0.493 e. The van der Waals surface area contributed by atoms with Gasteiger partial charge in [0.1, 0.15) is 5.82 Å². The number of methoxy groups -OCH3 is 2. The van der Waals surface area contributed by atoms with Crippen LogP contribution in [-0.4, -0.2) is 20.3 Å². The van der Waals surface area contributed by atoms with Gasteiger partial charge in [0, 0.05) is 17.4 Å². The predicted molar refractivity (Wildman–Crippen MR) is 83.6 cm³/mol. The third-order valence-corrected chi connectivity index (χ3v) is 3.11. The van der Waals surface area contributed by atoms with E-state index in [1.165, 1.54) is 32.4 Å². The highest BCUT2D eigenvalue weighted by atomic mass is 35.5. The summed E-state index contributed by atoms with van der Waals surface area (Å²) < 4.78 is 23.3. The van der Waals surface area contributed by atoms with E-state index in [9.17, 15) is 9.18 Å². The number of hydrogen-bond donors (Lipinski definition) is 2. The third-order valence-electron chi connectivity index (χ3n) is 2.82. The van der Waals surface area contributed by atoms with E-state index in [1.54, 1.807) is 18.2 Å². The molecule has 0 spiro atoms. The molecule has 7 heteroatoms. The fraction of sp³-hybridized carbons (Fsp3) is 0.133. The Morgan fingerprint density at radius 2 is 1.59 bits per heavy atom. The van der Waals surface area contributed by atoms with Gasteiger partial charge in [-0.15, -0.1) is 0 Å². The van der Waals surface area contributed by atoms with Crippen molar-refractivity contribution in [3.8, 4) is 11.5 Å². The maximum atomic E-state index is 13.1. The summed E-state index contributed by atoms with van der Waals surface area (Å²) in [6, 6.07) is 8.38. The van der Waals surface area contributed by atoms with Gasteiger partial charge in [0.25, 0.3) is 0 Å². The lowest BCUT2D eigenvalue weighted by Crippen LogP contribution is -2.19. The van der Waals surface area contributed by atoms with Crippen LogP contribution in [0.4, 0.5) is 20.6 Å². The van der Waals surface area contributed by atoms with Crippen molar-refractivity contribution in [2.75, 3.05) is 24.9 Å². The van der Waals surface area contributed by atoms with E-state index < -0.39 is 11.8 Å². The zero-order valence-electron chi connectivity index (χ0n) is 11.9. The summed E-state index contributed by atoms with van der Waals surface area (Å²) in [7, 11) is 3.03. The molecule has 2 amide bonds. The molecule has 2 rings (SSSR count). The van der Waals surface area contributed by atoms with Gasteiger partial charge in [0.05, 0.1) is 19.2 Å². The van der Waals surface area contributed by atoms with Gasteiger partial charge in [-0.2, -0.15) is 0 Å². The van der Waals surface area contributed by atoms with Gasteiger partial charge in [-0.25, -0.2) is 9.18 Å². The van der Waals surface area contributed by atoms with E-state index in [-0.39, 0.29) is 5.02 Å². The van der Waals surface area contributed by atoms with Crippen LogP contribution < -0.4 is 20.1 Å². The Hall–Kier alpha value is -2.47. The van der Waals surface area contributed by atoms with Gasteiger partial charge in [-0.05, 0) is 30.3 Å². The molecule has 22 heavy (non-hydrogen) atoms. The Morgan fingerprint density at radius 1 is 1.00 bits per heavy atom. The largest absolute Gasteiger partial charge is 0.493 e. The van der Waals surface area contributed by atoms with Crippen LogP contribution in [0.1, 0.15) is 0 Å². The fourth-order valence-electron chi connectivity index (χ4n) is 1.78. The summed E-state index contributed by atoms with van der Waals surface area (Å²) >= 11 is 5.65. The van der Waals surface area contributed by atoms with Gasteiger partial charge in [0.2, 0.25) is 0 Å². The van der Waals surface area contributed by atoms with Gasteiger partial charge in [-0.1, -0.05) is 11.6 Å². The Labute approximate surface area is 132 Å². The number of nitrogens with one attached hydrogen (secondary N) is 2. The minimum atomic E-state index is -0.549. The first-order valence-electron chi connectivity index (χ1n) is 6.28. The zero-order valence-corrected chi connectivity index (χ0v) is 12.7. The van der Waals surface area contributed by atoms with Crippen molar-refractivity contribution in [3.05, 3.63) is 47.2 Å². The molecule has 0 aromatic heterocycles. The molecule has 0 unspecified atom stereocenters. The second-order valence-corrected chi connectivity index (χ2v) is 4.68. The Balaban J connectivity index is 2.07. The summed E-state index contributed by atoms with van der Waals surface area (Å²) in [4.78, 5) is 11.9. The molecule has 0 aliphatic heterocycles. The molecule has 0 aliphatic rings. The van der Waals surface area contributed by atoms with Crippen molar-refractivity contribution in [3.63, 3.8) is 0 Å². The summed E-state index contributed by atoms with van der Waals surface area (Å²) in [5.41, 5.74) is 0.896. The first kappa shape index (κ1) is 15.9. The second-order valence-electron chi connectivity index (χ2n) is 4.28. The standard InChI is InChI=1S/C15H14ClFN2O3/c1-21-13-6-4-10(8-14(13)22-2)19-15(20)18-9-3-5-12(17)11(16)7-9/h3-8H,1-2H3,(H2,18,19,20). The van der Waals surface area contributed by atoms with E-state index in [2.05, 4.69) is 10.6 Å². The topological polar surface area (TPSA) is 59.6 Å². The monoisotopic (exact) mass is 324 g/mol. The molecule has 116 valence electrons. The molecule has 0 atom stereocenters. The van der Waals surface area contributed by atoms with Gasteiger partial charge >= 0.3 is 6.03 Å². The average Bonchev–Trinajstić information content (AvgIpc) is 2.50. The number of halogens is 2. The molecule has 0 heterocycles. The molecule has 0 fully saturated rings. The lowest BCUT2D eigenvalue weighted by Gasteiger charge is -2.11. The number of urea groups is 1. The second kappa shape index (κ2) is 7.00. The molecule has 0 aliphatic carbocycles. The van der Waals surface area contributed by atoms with E-state index in [0.717, 1.165) is 0 Å². The van der Waals surface area contributed by atoms with Crippen molar-refractivity contribution in [1.82, 2.24) is 0 Å². The molecular formula is C15H14ClFN2O3. The molecule has 0 radical (unpaired) electrons. The number of hydrogen-bond acceptors (Lipinski definition) is 3. The fourth-order valence-corrected chi connectivity index (χ4v) is 1.96. The highest BCUT2D eigenvalue weighted by Gasteiger charge is 2.08. The number of carbonyl (C=O) groups is 1. The SMILES string of the molecule is COc1ccc(NC(=O)Nc2ccc(F)c(Cl)c2)cc1OC. The zero-order chi connectivity index (χ0) is 16.1. The number of anilines is 2. The first-order valence-corrected chi connectivity index (χ1v) is 6.66. The van der Waals surface area contributed by atoms with Crippen LogP contribution in [0.25, 0.3) is 0 Å². The molecule has 5 nitrogen and oxygen atoms in total. The summed E-state index contributed by atoms with van der Waals surface area (Å²) in [5.74, 6) is 0.497. The van der Waals surface area contributed by atoms with E-state index in [0.29, 0.717) is 22.9 Å². The highest BCUT2D eigenvalue weighted by molar-refractivity contribution is 6.31. The average molecular weight is 325 g/mol.